The van der Waals surface area contributed by atoms with Crippen LogP contribution in [-0.2, 0) is 7.05 Å². The lowest BCUT2D eigenvalue weighted by Crippen LogP contribution is -2.23. The second-order valence-corrected chi connectivity index (χ2v) is 8.06. The van der Waals surface area contributed by atoms with Crippen molar-refractivity contribution in [2.75, 3.05) is 37.0 Å². The Balaban J connectivity index is 1.88. The Morgan fingerprint density at radius 2 is 1.92 bits per heavy atom. The van der Waals surface area contributed by atoms with Gasteiger partial charge in [0.2, 0.25) is 11.9 Å². The second kappa shape index (κ2) is 7.67. The van der Waals surface area contributed by atoms with E-state index in [0.29, 0.717) is 11.9 Å². The van der Waals surface area contributed by atoms with Gasteiger partial charge in [-0.25, -0.2) is 0 Å². The fourth-order valence-electron chi connectivity index (χ4n) is 2.64. The van der Waals surface area contributed by atoms with E-state index in [4.69, 9.17) is 17.1 Å². The maximum absolute atomic E-state index is 5.55. The number of oxime groups is 1. The number of hydrogen-bond acceptors (Lipinski definition) is 9. The fourth-order valence-corrected chi connectivity index (χ4v) is 3.95. The normalized spacial score (nSPS) is 14.8. The zero-order valence-corrected chi connectivity index (χ0v) is 17.3. The van der Waals surface area contributed by atoms with Gasteiger partial charge in [-0.3, -0.25) is 0 Å². The molecule has 10 heteroatoms. The molecule has 1 aliphatic rings. The van der Waals surface area contributed by atoms with Crippen LogP contribution in [0.25, 0.3) is 0 Å². The van der Waals surface area contributed by atoms with Gasteiger partial charge in [-0.15, -0.1) is 11.3 Å². The van der Waals surface area contributed by atoms with Gasteiger partial charge in [0, 0.05) is 39.9 Å². The van der Waals surface area contributed by atoms with Crippen LogP contribution in [0.3, 0.4) is 0 Å². The van der Waals surface area contributed by atoms with E-state index in [1.165, 1.54) is 11.3 Å². The predicted octanol–water partition coefficient (Wildman–Crippen LogP) is 2.78. The van der Waals surface area contributed by atoms with Crippen LogP contribution in [0.4, 0.5) is 11.9 Å². The third-order valence-corrected chi connectivity index (χ3v) is 6.04. The SMILES string of the molecule is C/C(=N\Oc1nc(N(C)C)nc(N2CCCC2)n1)c1sc(=S)n(C)c1C. The van der Waals surface area contributed by atoms with Crippen molar-refractivity contribution in [3.8, 4) is 6.01 Å². The van der Waals surface area contributed by atoms with E-state index in [1.54, 1.807) is 0 Å². The lowest BCUT2D eigenvalue weighted by Gasteiger charge is -2.17. The topological polar surface area (TPSA) is 71.7 Å². The third-order valence-electron chi connectivity index (χ3n) is 4.27. The summed E-state index contributed by atoms with van der Waals surface area (Å²) in [5, 5.41) is 4.23. The van der Waals surface area contributed by atoms with Gasteiger partial charge in [0.05, 0.1) is 10.6 Å². The van der Waals surface area contributed by atoms with Crippen LogP contribution in [0, 0.1) is 10.9 Å². The van der Waals surface area contributed by atoms with Crippen LogP contribution in [-0.4, -0.2) is 52.4 Å². The zero-order chi connectivity index (χ0) is 18.8. The molecule has 0 spiro atoms. The highest BCUT2D eigenvalue weighted by Gasteiger charge is 2.19. The van der Waals surface area contributed by atoms with E-state index in [0.717, 1.165) is 46.2 Å². The number of aromatic nitrogens is 4. The van der Waals surface area contributed by atoms with Crippen LogP contribution >= 0.6 is 23.6 Å². The summed E-state index contributed by atoms with van der Waals surface area (Å²) in [4.78, 5) is 23.8. The van der Waals surface area contributed by atoms with Crippen molar-refractivity contribution >= 4 is 41.2 Å². The molecule has 0 atom stereocenters. The molecule has 3 heterocycles. The summed E-state index contributed by atoms with van der Waals surface area (Å²) in [6, 6.07) is 0.196. The minimum atomic E-state index is 0.196. The van der Waals surface area contributed by atoms with E-state index in [-0.39, 0.29) is 6.01 Å². The molecule has 0 bridgehead atoms. The molecule has 0 N–H and O–H groups in total. The van der Waals surface area contributed by atoms with Gasteiger partial charge in [0.1, 0.15) is 0 Å². The lowest BCUT2D eigenvalue weighted by molar-refractivity contribution is 0.312. The molecule has 0 radical (unpaired) electrons. The van der Waals surface area contributed by atoms with Crippen molar-refractivity contribution in [1.82, 2.24) is 19.5 Å². The molecular weight excluding hydrogens is 370 g/mol. The number of thiazole rings is 1. The van der Waals surface area contributed by atoms with Gasteiger partial charge in [0.25, 0.3) is 0 Å². The molecule has 0 amide bonds. The average Bonchev–Trinajstić information content (AvgIpc) is 3.24. The molecule has 3 rings (SSSR count). The molecule has 0 aliphatic carbocycles. The van der Waals surface area contributed by atoms with Gasteiger partial charge in [-0.05, 0) is 38.9 Å². The molecule has 2 aromatic heterocycles. The van der Waals surface area contributed by atoms with E-state index < -0.39 is 0 Å². The maximum atomic E-state index is 5.55. The molecular formula is C16H23N7OS2. The first-order chi connectivity index (χ1) is 12.4. The third kappa shape index (κ3) is 3.85. The van der Waals surface area contributed by atoms with Gasteiger partial charge in [-0.1, -0.05) is 5.16 Å². The molecule has 26 heavy (non-hydrogen) atoms. The maximum Gasteiger partial charge on any atom is 0.352 e. The van der Waals surface area contributed by atoms with Crippen LogP contribution in [0.15, 0.2) is 5.16 Å². The van der Waals surface area contributed by atoms with Gasteiger partial charge >= 0.3 is 6.01 Å². The second-order valence-electron chi connectivity index (χ2n) is 6.42. The first kappa shape index (κ1) is 18.7. The summed E-state index contributed by atoms with van der Waals surface area (Å²) in [6.07, 6.45) is 2.29. The summed E-state index contributed by atoms with van der Waals surface area (Å²) in [5.74, 6) is 1.19. The average molecular weight is 394 g/mol. The Kier molecular flexibility index (Phi) is 5.52. The van der Waals surface area contributed by atoms with Crippen LogP contribution in [0.2, 0.25) is 0 Å². The first-order valence-corrected chi connectivity index (χ1v) is 9.66. The molecule has 0 unspecified atom stereocenters. The quantitative estimate of drug-likeness (QED) is 0.439. The largest absolute Gasteiger partial charge is 0.352 e. The van der Waals surface area contributed by atoms with Crippen LogP contribution in [0.5, 0.6) is 6.01 Å². The summed E-state index contributed by atoms with van der Waals surface area (Å²) >= 11 is 6.84. The van der Waals surface area contributed by atoms with Gasteiger partial charge < -0.3 is 19.2 Å². The smallest absolute Gasteiger partial charge is 0.347 e. The van der Waals surface area contributed by atoms with Crippen LogP contribution in [0.1, 0.15) is 30.3 Å². The van der Waals surface area contributed by atoms with Crippen molar-refractivity contribution in [2.45, 2.75) is 26.7 Å². The molecule has 1 fully saturated rings. The standard InChI is InChI=1S/C16H23N7OS2/c1-10(12-11(2)22(5)16(25)26-12)20-24-15-18-13(21(3)4)17-14(19-15)23-8-6-7-9-23/h6-9H2,1-5H3/b20-10+. The van der Waals surface area contributed by atoms with E-state index in [9.17, 15) is 0 Å². The Bertz CT molecular complexity index is 881. The Morgan fingerprint density at radius 3 is 2.50 bits per heavy atom. The zero-order valence-electron chi connectivity index (χ0n) is 15.7. The first-order valence-electron chi connectivity index (χ1n) is 8.43. The minimum absolute atomic E-state index is 0.196. The predicted molar refractivity (Wildman–Crippen MR) is 107 cm³/mol. The highest BCUT2D eigenvalue weighted by Crippen LogP contribution is 2.22. The number of rotatable bonds is 5. The van der Waals surface area contributed by atoms with Crippen molar-refractivity contribution in [3.05, 3.63) is 14.5 Å². The Hall–Kier alpha value is -2.07. The summed E-state index contributed by atoms with van der Waals surface area (Å²) < 4.78 is 2.77. The number of nitrogens with zero attached hydrogens (tertiary/aromatic N) is 7. The molecule has 8 nitrogen and oxygen atoms in total. The number of anilines is 2. The number of hydrogen-bond donors (Lipinski definition) is 0. The van der Waals surface area contributed by atoms with E-state index >= 15 is 0 Å². The molecule has 2 aromatic rings. The molecule has 1 saturated heterocycles. The van der Waals surface area contributed by atoms with Crippen molar-refractivity contribution < 1.29 is 4.84 Å². The molecule has 140 valence electrons. The van der Waals surface area contributed by atoms with Gasteiger partial charge in [0.15, 0.2) is 3.95 Å². The van der Waals surface area contributed by atoms with Crippen molar-refractivity contribution in [2.24, 2.45) is 12.2 Å². The molecule has 0 saturated carbocycles. The van der Waals surface area contributed by atoms with Crippen molar-refractivity contribution in [1.29, 1.82) is 0 Å². The van der Waals surface area contributed by atoms with E-state index in [2.05, 4.69) is 25.0 Å². The molecule has 1 aliphatic heterocycles. The lowest BCUT2D eigenvalue weighted by atomic mass is 10.3. The Morgan fingerprint density at radius 1 is 1.23 bits per heavy atom. The highest BCUT2D eigenvalue weighted by molar-refractivity contribution is 7.73. The molecule has 0 aromatic carbocycles. The van der Waals surface area contributed by atoms with Crippen molar-refractivity contribution in [3.63, 3.8) is 0 Å². The summed E-state index contributed by atoms with van der Waals surface area (Å²) in [7, 11) is 5.73. The highest BCUT2D eigenvalue weighted by atomic mass is 32.1. The fraction of sp³-hybridized carbons (Fsp3) is 0.562. The summed E-state index contributed by atoms with van der Waals surface area (Å²) in [6.45, 7) is 5.80. The summed E-state index contributed by atoms with van der Waals surface area (Å²) in [5.41, 5.74) is 1.81. The monoisotopic (exact) mass is 393 g/mol. The minimum Gasteiger partial charge on any atom is -0.347 e. The van der Waals surface area contributed by atoms with E-state index in [1.807, 2.05) is 44.5 Å². The van der Waals surface area contributed by atoms with Crippen LogP contribution < -0.4 is 14.6 Å². The van der Waals surface area contributed by atoms with Gasteiger partial charge in [-0.2, -0.15) is 15.0 Å². The Labute approximate surface area is 162 Å².